The van der Waals surface area contributed by atoms with Gasteiger partial charge in [0.05, 0.1) is 12.8 Å². The van der Waals surface area contributed by atoms with Crippen LogP contribution in [0.15, 0.2) is 71.5 Å². The molecule has 1 fully saturated rings. The summed E-state index contributed by atoms with van der Waals surface area (Å²) >= 11 is 0. The molecule has 7 heteroatoms. The van der Waals surface area contributed by atoms with Crippen molar-refractivity contribution in [2.24, 2.45) is 0 Å². The van der Waals surface area contributed by atoms with Gasteiger partial charge in [0.2, 0.25) is 5.91 Å². The zero-order valence-corrected chi connectivity index (χ0v) is 19.0. The fraction of sp³-hybridized carbons (Fsp3) is 0.346. The Morgan fingerprint density at radius 1 is 0.970 bits per heavy atom. The number of amides is 1. The smallest absolute Gasteiger partial charge is 0.266 e. The molecule has 1 aromatic heterocycles. The highest BCUT2D eigenvalue weighted by Gasteiger charge is 2.20. The Morgan fingerprint density at radius 2 is 1.76 bits per heavy atom. The number of methoxy groups -OCH3 is 1. The molecule has 0 radical (unpaired) electrons. The lowest BCUT2D eigenvalue weighted by Gasteiger charge is -2.34. The Labute approximate surface area is 194 Å². The first-order valence-electron chi connectivity index (χ1n) is 11.4. The maximum Gasteiger partial charge on any atom is 0.266 e. The van der Waals surface area contributed by atoms with E-state index in [1.807, 2.05) is 35.2 Å². The highest BCUT2D eigenvalue weighted by atomic mass is 16.5. The van der Waals surface area contributed by atoms with Crippen LogP contribution in [0.25, 0.3) is 11.3 Å². The van der Waals surface area contributed by atoms with Gasteiger partial charge in [0.25, 0.3) is 5.56 Å². The van der Waals surface area contributed by atoms with Crippen molar-refractivity contribution in [3.05, 3.63) is 82.6 Å². The molecule has 1 aliphatic heterocycles. The minimum Gasteiger partial charge on any atom is -0.497 e. The van der Waals surface area contributed by atoms with Gasteiger partial charge in [0.15, 0.2) is 0 Å². The van der Waals surface area contributed by atoms with Crippen molar-refractivity contribution in [1.29, 1.82) is 0 Å². The lowest BCUT2D eigenvalue weighted by molar-refractivity contribution is -0.133. The van der Waals surface area contributed by atoms with Crippen LogP contribution in [0.1, 0.15) is 18.4 Å². The van der Waals surface area contributed by atoms with Crippen molar-refractivity contribution in [2.75, 3.05) is 33.3 Å². The van der Waals surface area contributed by atoms with Crippen LogP contribution in [-0.4, -0.2) is 58.8 Å². The average Bonchev–Trinajstić information content (AvgIpc) is 2.86. The van der Waals surface area contributed by atoms with Gasteiger partial charge in [0, 0.05) is 57.3 Å². The lowest BCUT2D eigenvalue weighted by Crippen LogP contribution is -2.48. The molecule has 1 saturated heterocycles. The second-order valence-corrected chi connectivity index (χ2v) is 8.26. The van der Waals surface area contributed by atoms with Crippen LogP contribution in [-0.2, 0) is 17.9 Å². The maximum atomic E-state index is 12.7. The zero-order chi connectivity index (χ0) is 23.0. The summed E-state index contributed by atoms with van der Waals surface area (Å²) in [5.41, 5.74) is 2.72. The molecule has 1 amide bonds. The summed E-state index contributed by atoms with van der Waals surface area (Å²) in [6.45, 7) is 4.58. The molecule has 4 rings (SSSR count). The maximum absolute atomic E-state index is 12.7. The molecule has 0 atom stereocenters. The third-order valence-corrected chi connectivity index (χ3v) is 5.97. The molecule has 0 spiro atoms. The second kappa shape index (κ2) is 10.9. The minimum atomic E-state index is -0.163. The van der Waals surface area contributed by atoms with Crippen molar-refractivity contribution in [1.82, 2.24) is 19.6 Å². The number of ether oxygens (including phenoxy) is 1. The Balaban J connectivity index is 1.27. The standard InChI is InChI=1S/C26H30N4O3/c1-33-23-10-5-9-22(19-23)24-12-13-26(32)30(27-24)14-6-11-25(31)29-17-15-28(16-18-29)20-21-7-3-2-4-8-21/h2-5,7-10,12-13,19H,6,11,14-18,20H2,1H3. The van der Waals surface area contributed by atoms with E-state index >= 15 is 0 Å². The summed E-state index contributed by atoms with van der Waals surface area (Å²) in [6.07, 6.45) is 0.994. The average molecular weight is 447 g/mol. The highest BCUT2D eigenvalue weighted by Crippen LogP contribution is 2.21. The van der Waals surface area contributed by atoms with Crippen LogP contribution < -0.4 is 10.3 Å². The molecular weight excluding hydrogens is 416 g/mol. The van der Waals surface area contributed by atoms with E-state index in [2.05, 4.69) is 34.3 Å². The number of benzene rings is 2. The van der Waals surface area contributed by atoms with Crippen molar-refractivity contribution in [2.45, 2.75) is 25.9 Å². The number of carbonyl (C=O) groups excluding carboxylic acids is 1. The molecule has 0 saturated carbocycles. The SMILES string of the molecule is COc1cccc(-c2ccc(=O)n(CCCC(=O)N3CCN(Cc4ccccc4)CC3)n2)c1. The predicted octanol–water partition coefficient (Wildman–Crippen LogP) is 3.04. The number of piperazine rings is 1. The van der Waals surface area contributed by atoms with Gasteiger partial charge in [0.1, 0.15) is 5.75 Å². The van der Waals surface area contributed by atoms with Crippen LogP contribution >= 0.6 is 0 Å². The van der Waals surface area contributed by atoms with Crippen LogP contribution in [0.3, 0.4) is 0 Å². The van der Waals surface area contributed by atoms with Gasteiger partial charge in [-0.2, -0.15) is 5.10 Å². The lowest BCUT2D eigenvalue weighted by atomic mass is 10.1. The van der Waals surface area contributed by atoms with E-state index in [4.69, 9.17) is 4.74 Å². The van der Waals surface area contributed by atoms with Gasteiger partial charge >= 0.3 is 0 Å². The van der Waals surface area contributed by atoms with E-state index in [1.165, 1.54) is 16.3 Å². The molecule has 1 aliphatic rings. The first kappa shape index (κ1) is 22.7. The first-order chi connectivity index (χ1) is 16.1. The number of hydrogen-bond acceptors (Lipinski definition) is 5. The van der Waals surface area contributed by atoms with Crippen molar-refractivity contribution in [3.8, 4) is 17.0 Å². The summed E-state index contributed by atoms with van der Waals surface area (Å²) in [4.78, 5) is 29.3. The predicted molar refractivity (Wildman–Crippen MR) is 128 cm³/mol. The van der Waals surface area contributed by atoms with Crippen molar-refractivity contribution >= 4 is 5.91 Å². The van der Waals surface area contributed by atoms with E-state index in [0.29, 0.717) is 25.1 Å². The molecular formula is C26H30N4O3. The molecule has 2 aromatic carbocycles. The summed E-state index contributed by atoms with van der Waals surface area (Å²) in [5, 5.41) is 4.49. The summed E-state index contributed by atoms with van der Waals surface area (Å²) in [7, 11) is 1.62. The van der Waals surface area contributed by atoms with E-state index in [-0.39, 0.29) is 11.5 Å². The molecule has 33 heavy (non-hydrogen) atoms. The third kappa shape index (κ3) is 6.08. The highest BCUT2D eigenvalue weighted by molar-refractivity contribution is 5.76. The fourth-order valence-electron chi connectivity index (χ4n) is 4.08. The number of nitrogens with zero attached hydrogens (tertiary/aromatic N) is 4. The molecule has 3 aromatic rings. The zero-order valence-electron chi connectivity index (χ0n) is 19.0. The molecule has 2 heterocycles. The summed E-state index contributed by atoms with van der Waals surface area (Å²) < 4.78 is 6.72. The van der Waals surface area contributed by atoms with E-state index in [0.717, 1.165) is 44.0 Å². The van der Waals surface area contributed by atoms with Gasteiger partial charge in [-0.15, -0.1) is 0 Å². The molecule has 0 aliphatic carbocycles. The van der Waals surface area contributed by atoms with Gasteiger partial charge in [-0.1, -0.05) is 42.5 Å². The van der Waals surface area contributed by atoms with E-state index in [1.54, 1.807) is 13.2 Å². The normalized spacial score (nSPS) is 14.3. The number of aromatic nitrogens is 2. The van der Waals surface area contributed by atoms with Crippen LogP contribution in [0.4, 0.5) is 0 Å². The Kier molecular flexibility index (Phi) is 7.52. The third-order valence-electron chi connectivity index (χ3n) is 5.97. The Bertz CT molecular complexity index is 1120. The fourth-order valence-corrected chi connectivity index (χ4v) is 4.08. The monoisotopic (exact) mass is 446 g/mol. The topological polar surface area (TPSA) is 67.7 Å². The summed E-state index contributed by atoms with van der Waals surface area (Å²) in [6, 6.07) is 21.2. The minimum absolute atomic E-state index is 0.145. The van der Waals surface area contributed by atoms with E-state index in [9.17, 15) is 9.59 Å². The van der Waals surface area contributed by atoms with Crippen LogP contribution in [0.2, 0.25) is 0 Å². The molecule has 0 N–H and O–H groups in total. The quantitative estimate of drug-likeness (QED) is 0.532. The number of rotatable bonds is 8. The number of aryl methyl sites for hydroxylation is 1. The first-order valence-corrected chi connectivity index (χ1v) is 11.4. The largest absolute Gasteiger partial charge is 0.497 e. The molecule has 0 bridgehead atoms. The van der Waals surface area contributed by atoms with Crippen molar-refractivity contribution < 1.29 is 9.53 Å². The number of carbonyl (C=O) groups is 1. The van der Waals surface area contributed by atoms with Gasteiger partial charge in [-0.25, -0.2) is 4.68 Å². The van der Waals surface area contributed by atoms with Crippen LogP contribution in [0, 0.1) is 0 Å². The van der Waals surface area contributed by atoms with Crippen molar-refractivity contribution in [3.63, 3.8) is 0 Å². The van der Waals surface area contributed by atoms with Gasteiger partial charge in [-0.3, -0.25) is 14.5 Å². The number of hydrogen-bond donors (Lipinski definition) is 0. The Morgan fingerprint density at radius 3 is 2.52 bits per heavy atom. The molecule has 7 nitrogen and oxygen atoms in total. The van der Waals surface area contributed by atoms with Gasteiger partial charge in [-0.05, 0) is 30.2 Å². The molecule has 172 valence electrons. The van der Waals surface area contributed by atoms with Crippen LogP contribution in [0.5, 0.6) is 5.75 Å². The molecule has 0 unspecified atom stereocenters. The van der Waals surface area contributed by atoms with Gasteiger partial charge < -0.3 is 9.64 Å². The Hall–Kier alpha value is -3.45. The second-order valence-electron chi connectivity index (χ2n) is 8.26. The summed E-state index contributed by atoms with van der Waals surface area (Å²) in [5.74, 6) is 0.882. The van der Waals surface area contributed by atoms with E-state index < -0.39 is 0 Å².